The molecule has 0 radical (unpaired) electrons. The topological polar surface area (TPSA) is 62.6 Å². The van der Waals surface area contributed by atoms with E-state index in [1.807, 2.05) is 48.5 Å². The van der Waals surface area contributed by atoms with Gasteiger partial charge < -0.3 is 14.6 Å². The van der Waals surface area contributed by atoms with Crippen LogP contribution >= 0.6 is 11.6 Å². The summed E-state index contributed by atoms with van der Waals surface area (Å²) in [5.41, 5.74) is 2.45. The highest BCUT2D eigenvalue weighted by molar-refractivity contribution is 6.30. The van der Waals surface area contributed by atoms with Gasteiger partial charge in [-0.2, -0.15) is 0 Å². The molecule has 3 aromatic rings. The van der Waals surface area contributed by atoms with Gasteiger partial charge >= 0.3 is 0 Å². The highest BCUT2D eigenvalue weighted by Gasteiger charge is 2.14. The molecule has 2 aromatic carbocycles. The van der Waals surface area contributed by atoms with Crippen molar-refractivity contribution in [3.05, 3.63) is 82.6 Å². The number of nitrogens with zero attached hydrogens (tertiary/aromatic N) is 1. The average molecular weight is 397 g/mol. The molecule has 2 amide bonds. The molecule has 0 bridgehead atoms. The van der Waals surface area contributed by atoms with E-state index in [-0.39, 0.29) is 11.8 Å². The molecule has 3 rings (SSSR count). The Kier molecular flexibility index (Phi) is 6.16. The maximum absolute atomic E-state index is 12.6. The van der Waals surface area contributed by atoms with Gasteiger partial charge in [0.2, 0.25) is 5.91 Å². The van der Waals surface area contributed by atoms with Gasteiger partial charge in [-0.05, 0) is 54.1 Å². The number of halogens is 1. The van der Waals surface area contributed by atoms with Crippen molar-refractivity contribution in [3.8, 4) is 11.3 Å². The number of benzene rings is 2. The van der Waals surface area contributed by atoms with Crippen LogP contribution in [0.4, 0.5) is 0 Å². The number of hydrogen-bond acceptors (Lipinski definition) is 3. The summed E-state index contributed by atoms with van der Waals surface area (Å²) in [6.45, 7) is 2.28. The highest BCUT2D eigenvalue weighted by Crippen LogP contribution is 2.24. The number of amides is 2. The summed E-state index contributed by atoms with van der Waals surface area (Å²) in [6, 6.07) is 18.3. The molecular formula is C22H21ClN2O3. The van der Waals surface area contributed by atoms with E-state index in [2.05, 4.69) is 5.32 Å². The van der Waals surface area contributed by atoms with Gasteiger partial charge in [0.05, 0.1) is 6.54 Å². The van der Waals surface area contributed by atoms with Crippen LogP contribution in [0, 0.1) is 0 Å². The molecule has 1 heterocycles. The van der Waals surface area contributed by atoms with E-state index >= 15 is 0 Å². The minimum Gasteiger partial charge on any atom is -0.459 e. The molecule has 0 unspecified atom stereocenters. The van der Waals surface area contributed by atoms with Crippen LogP contribution in [0.5, 0.6) is 0 Å². The first-order valence-electron chi connectivity index (χ1n) is 8.86. The first kappa shape index (κ1) is 19.7. The molecule has 0 saturated heterocycles. The van der Waals surface area contributed by atoms with Gasteiger partial charge in [-0.1, -0.05) is 23.7 Å². The third kappa shape index (κ3) is 5.02. The number of hydrogen-bond donors (Lipinski definition) is 1. The fraction of sp³-hybridized carbons (Fsp3) is 0.182. The van der Waals surface area contributed by atoms with Crippen molar-refractivity contribution < 1.29 is 14.0 Å². The standard InChI is InChI=1S/C22H21ClN2O3/c1-15(26)24-13-16-3-5-18(6-4-16)22(27)25(2)14-20-11-12-21(28-20)17-7-9-19(23)10-8-17/h3-12H,13-14H2,1-2H3,(H,24,26). The predicted octanol–water partition coefficient (Wildman–Crippen LogP) is 4.51. The highest BCUT2D eigenvalue weighted by atomic mass is 35.5. The normalized spacial score (nSPS) is 10.5. The maximum atomic E-state index is 12.6. The number of furan rings is 1. The zero-order valence-corrected chi connectivity index (χ0v) is 16.5. The number of nitrogens with one attached hydrogen (secondary N) is 1. The van der Waals surface area contributed by atoms with E-state index in [4.69, 9.17) is 16.0 Å². The van der Waals surface area contributed by atoms with E-state index in [1.54, 1.807) is 24.1 Å². The zero-order valence-electron chi connectivity index (χ0n) is 15.7. The lowest BCUT2D eigenvalue weighted by molar-refractivity contribution is -0.119. The lowest BCUT2D eigenvalue weighted by Gasteiger charge is -2.16. The first-order valence-corrected chi connectivity index (χ1v) is 9.23. The molecule has 0 saturated carbocycles. The van der Waals surface area contributed by atoms with Gasteiger partial charge in [-0.15, -0.1) is 0 Å². The summed E-state index contributed by atoms with van der Waals surface area (Å²) in [6.07, 6.45) is 0. The van der Waals surface area contributed by atoms with Gasteiger partial charge in [0.15, 0.2) is 0 Å². The van der Waals surface area contributed by atoms with Gasteiger partial charge in [0, 0.05) is 36.7 Å². The van der Waals surface area contributed by atoms with Crippen LogP contribution in [0.2, 0.25) is 5.02 Å². The van der Waals surface area contributed by atoms with Crippen molar-refractivity contribution in [2.24, 2.45) is 0 Å². The van der Waals surface area contributed by atoms with Crippen molar-refractivity contribution in [2.75, 3.05) is 7.05 Å². The maximum Gasteiger partial charge on any atom is 0.254 e. The van der Waals surface area contributed by atoms with E-state index in [0.29, 0.717) is 29.4 Å². The Morgan fingerprint density at radius 2 is 1.68 bits per heavy atom. The van der Waals surface area contributed by atoms with E-state index in [9.17, 15) is 9.59 Å². The van der Waals surface area contributed by atoms with Gasteiger partial charge in [-0.3, -0.25) is 9.59 Å². The number of carbonyl (C=O) groups is 2. The largest absolute Gasteiger partial charge is 0.459 e. The second-order valence-electron chi connectivity index (χ2n) is 6.54. The minimum absolute atomic E-state index is 0.0868. The Hall–Kier alpha value is -3.05. The van der Waals surface area contributed by atoms with E-state index < -0.39 is 0 Å². The Bertz CT molecular complexity index is 962. The van der Waals surface area contributed by atoms with Gasteiger partial charge in [0.1, 0.15) is 11.5 Å². The molecule has 0 fully saturated rings. The molecule has 6 heteroatoms. The summed E-state index contributed by atoms with van der Waals surface area (Å²) < 4.78 is 5.86. The number of rotatable bonds is 6. The summed E-state index contributed by atoms with van der Waals surface area (Å²) in [5, 5.41) is 3.40. The monoisotopic (exact) mass is 396 g/mol. The van der Waals surface area contributed by atoms with Crippen LogP contribution in [0.3, 0.4) is 0 Å². The Morgan fingerprint density at radius 3 is 2.32 bits per heavy atom. The van der Waals surface area contributed by atoms with Crippen LogP contribution in [0.25, 0.3) is 11.3 Å². The van der Waals surface area contributed by atoms with Crippen molar-refractivity contribution >= 4 is 23.4 Å². The fourth-order valence-electron chi connectivity index (χ4n) is 2.75. The molecule has 144 valence electrons. The van der Waals surface area contributed by atoms with E-state index in [1.165, 1.54) is 6.92 Å². The molecule has 5 nitrogen and oxygen atoms in total. The molecule has 0 atom stereocenters. The molecule has 0 aliphatic heterocycles. The summed E-state index contributed by atoms with van der Waals surface area (Å²) in [4.78, 5) is 25.2. The molecule has 28 heavy (non-hydrogen) atoms. The molecule has 0 aliphatic carbocycles. The van der Waals surface area contributed by atoms with Crippen LogP contribution in [0.15, 0.2) is 65.1 Å². The van der Waals surface area contributed by atoms with Gasteiger partial charge in [-0.25, -0.2) is 0 Å². The Balaban J connectivity index is 1.62. The summed E-state index contributed by atoms with van der Waals surface area (Å²) in [5.74, 6) is 1.24. The zero-order chi connectivity index (χ0) is 20.1. The van der Waals surface area contributed by atoms with Crippen LogP contribution in [0.1, 0.15) is 28.6 Å². The van der Waals surface area contributed by atoms with E-state index in [0.717, 1.165) is 16.9 Å². The summed E-state index contributed by atoms with van der Waals surface area (Å²) >= 11 is 5.91. The van der Waals surface area contributed by atoms with Crippen LogP contribution < -0.4 is 5.32 Å². The summed E-state index contributed by atoms with van der Waals surface area (Å²) in [7, 11) is 1.73. The third-order valence-electron chi connectivity index (χ3n) is 4.27. The fourth-order valence-corrected chi connectivity index (χ4v) is 2.88. The predicted molar refractivity (Wildman–Crippen MR) is 109 cm³/mol. The quantitative estimate of drug-likeness (QED) is 0.666. The lowest BCUT2D eigenvalue weighted by atomic mass is 10.1. The Labute approximate surface area is 168 Å². The van der Waals surface area contributed by atoms with Gasteiger partial charge in [0.25, 0.3) is 5.91 Å². The molecule has 0 aliphatic rings. The van der Waals surface area contributed by atoms with Crippen molar-refractivity contribution in [2.45, 2.75) is 20.0 Å². The lowest BCUT2D eigenvalue weighted by Crippen LogP contribution is -2.26. The van der Waals surface area contributed by atoms with Crippen molar-refractivity contribution in [1.29, 1.82) is 0 Å². The average Bonchev–Trinajstić information content (AvgIpc) is 3.15. The molecule has 1 N–H and O–H groups in total. The minimum atomic E-state index is -0.101. The Morgan fingerprint density at radius 1 is 1.00 bits per heavy atom. The first-order chi connectivity index (χ1) is 13.4. The molecule has 0 spiro atoms. The van der Waals surface area contributed by atoms with Crippen molar-refractivity contribution in [3.63, 3.8) is 0 Å². The van der Waals surface area contributed by atoms with Crippen LogP contribution in [-0.2, 0) is 17.9 Å². The second-order valence-corrected chi connectivity index (χ2v) is 6.98. The van der Waals surface area contributed by atoms with Crippen molar-refractivity contribution in [1.82, 2.24) is 10.2 Å². The second kappa shape index (κ2) is 8.76. The SMILES string of the molecule is CC(=O)NCc1ccc(C(=O)N(C)Cc2ccc(-c3ccc(Cl)cc3)o2)cc1. The molecular weight excluding hydrogens is 376 g/mol. The molecule has 1 aromatic heterocycles. The number of carbonyl (C=O) groups excluding carboxylic acids is 2. The van der Waals surface area contributed by atoms with Crippen LogP contribution in [-0.4, -0.2) is 23.8 Å². The third-order valence-corrected chi connectivity index (χ3v) is 4.52. The smallest absolute Gasteiger partial charge is 0.254 e.